The van der Waals surface area contributed by atoms with E-state index >= 15 is 0 Å². The fraction of sp³-hybridized carbons (Fsp3) is 1.00. The maximum atomic E-state index is 5.93. The van der Waals surface area contributed by atoms with Crippen LogP contribution in [0, 0.1) is 5.92 Å². The van der Waals surface area contributed by atoms with E-state index in [1.807, 2.05) is 0 Å². The summed E-state index contributed by atoms with van der Waals surface area (Å²) in [5.41, 5.74) is -0.0957. The van der Waals surface area contributed by atoms with Crippen molar-refractivity contribution in [2.75, 3.05) is 19.7 Å². The zero-order valence-electron chi connectivity index (χ0n) is 10.4. The summed E-state index contributed by atoms with van der Waals surface area (Å²) >= 11 is 0. The molecule has 3 unspecified atom stereocenters. The van der Waals surface area contributed by atoms with E-state index in [1.165, 1.54) is 25.8 Å². The van der Waals surface area contributed by atoms with Crippen LogP contribution >= 0.6 is 12.4 Å². The highest BCUT2D eigenvalue weighted by atomic mass is 35.5. The van der Waals surface area contributed by atoms with Crippen LogP contribution < -0.4 is 10.6 Å². The molecule has 0 aromatic carbocycles. The van der Waals surface area contributed by atoms with Gasteiger partial charge >= 0.3 is 0 Å². The second-order valence-corrected chi connectivity index (χ2v) is 5.38. The number of hydrogen-bond acceptors (Lipinski definition) is 3. The molecule has 96 valence electrons. The molecular formula is C12H25ClN2O. The number of piperidine rings is 1. The Bertz CT molecular complexity index is 199. The van der Waals surface area contributed by atoms with Gasteiger partial charge in [0.2, 0.25) is 0 Å². The van der Waals surface area contributed by atoms with E-state index in [0.29, 0.717) is 12.0 Å². The fourth-order valence-electron chi connectivity index (χ4n) is 2.53. The van der Waals surface area contributed by atoms with Crippen molar-refractivity contribution in [3.63, 3.8) is 0 Å². The molecule has 2 fully saturated rings. The van der Waals surface area contributed by atoms with Gasteiger partial charge in [-0.3, -0.25) is 5.32 Å². The topological polar surface area (TPSA) is 33.3 Å². The molecule has 0 saturated carbocycles. The Kier molecular flexibility index (Phi) is 5.51. The van der Waals surface area contributed by atoms with Crippen LogP contribution in [0.2, 0.25) is 0 Å². The molecule has 0 bridgehead atoms. The molecule has 0 spiro atoms. The first-order valence-corrected chi connectivity index (χ1v) is 6.30. The van der Waals surface area contributed by atoms with Gasteiger partial charge in [-0.2, -0.15) is 0 Å². The van der Waals surface area contributed by atoms with Crippen LogP contribution in [0.3, 0.4) is 0 Å². The van der Waals surface area contributed by atoms with Gasteiger partial charge in [0.15, 0.2) is 0 Å². The molecule has 0 aromatic heterocycles. The lowest BCUT2D eigenvalue weighted by Crippen LogP contribution is -2.55. The van der Waals surface area contributed by atoms with E-state index in [2.05, 4.69) is 24.5 Å². The lowest BCUT2D eigenvalue weighted by Gasteiger charge is -2.40. The molecule has 2 saturated heterocycles. The van der Waals surface area contributed by atoms with Crippen molar-refractivity contribution in [2.24, 2.45) is 5.92 Å². The summed E-state index contributed by atoms with van der Waals surface area (Å²) in [6.07, 6.45) is 5.10. The monoisotopic (exact) mass is 248 g/mol. The number of halogens is 1. The summed E-state index contributed by atoms with van der Waals surface area (Å²) in [5, 5.41) is 7.11. The zero-order chi connectivity index (χ0) is 10.7. The number of rotatable bonds is 2. The molecule has 0 radical (unpaired) electrons. The van der Waals surface area contributed by atoms with Crippen LogP contribution in [-0.2, 0) is 4.74 Å². The fourth-order valence-corrected chi connectivity index (χ4v) is 2.53. The first-order valence-electron chi connectivity index (χ1n) is 6.30. The van der Waals surface area contributed by atoms with Gasteiger partial charge in [-0.25, -0.2) is 0 Å². The molecule has 0 amide bonds. The van der Waals surface area contributed by atoms with E-state index in [0.717, 1.165) is 19.6 Å². The number of nitrogens with one attached hydrogen (secondary N) is 2. The Labute approximate surface area is 105 Å². The average Bonchev–Trinajstić information content (AvgIpc) is 2.24. The molecule has 2 rings (SSSR count). The lowest BCUT2D eigenvalue weighted by molar-refractivity contribution is -0.110. The minimum absolute atomic E-state index is 0. The van der Waals surface area contributed by atoms with E-state index in [1.54, 1.807) is 0 Å². The van der Waals surface area contributed by atoms with Crippen LogP contribution in [0.25, 0.3) is 0 Å². The maximum Gasteiger partial charge on any atom is 0.117 e. The number of hydrogen-bond donors (Lipinski definition) is 2. The summed E-state index contributed by atoms with van der Waals surface area (Å²) in [7, 11) is 0. The predicted octanol–water partition coefficient (Wildman–Crippen LogP) is 1.91. The van der Waals surface area contributed by atoms with Crippen molar-refractivity contribution in [2.45, 2.75) is 51.3 Å². The Balaban J connectivity index is 0.00000128. The van der Waals surface area contributed by atoms with Gasteiger partial charge in [0, 0.05) is 19.0 Å². The van der Waals surface area contributed by atoms with Crippen LogP contribution in [0.1, 0.15) is 39.5 Å². The van der Waals surface area contributed by atoms with Crippen LogP contribution in [0.4, 0.5) is 0 Å². The van der Waals surface area contributed by atoms with Gasteiger partial charge in [-0.05, 0) is 32.2 Å². The minimum Gasteiger partial charge on any atom is -0.361 e. The summed E-state index contributed by atoms with van der Waals surface area (Å²) in [4.78, 5) is 0. The van der Waals surface area contributed by atoms with Crippen LogP contribution in [0.5, 0.6) is 0 Å². The standard InChI is InChI=1S/C12H24N2O.ClH/c1-10-8-14-12(2,15-9-10)7-11-5-3-4-6-13-11;/h10-11,13-14H,3-9H2,1-2H3;1H. The second-order valence-electron chi connectivity index (χ2n) is 5.38. The summed E-state index contributed by atoms with van der Waals surface area (Å²) in [6, 6.07) is 0.643. The molecule has 2 aliphatic heterocycles. The maximum absolute atomic E-state index is 5.93. The second kappa shape index (κ2) is 6.20. The highest BCUT2D eigenvalue weighted by Gasteiger charge is 2.32. The predicted molar refractivity (Wildman–Crippen MR) is 69.0 cm³/mol. The lowest BCUT2D eigenvalue weighted by atomic mass is 9.95. The molecule has 2 N–H and O–H groups in total. The summed E-state index contributed by atoms with van der Waals surface area (Å²) in [6.45, 7) is 7.58. The molecule has 3 nitrogen and oxygen atoms in total. The third-order valence-electron chi connectivity index (χ3n) is 3.56. The first-order chi connectivity index (χ1) is 7.18. The van der Waals surface area contributed by atoms with Gasteiger partial charge < -0.3 is 10.1 Å². The quantitative estimate of drug-likeness (QED) is 0.783. The van der Waals surface area contributed by atoms with E-state index < -0.39 is 0 Å². The van der Waals surface area contributed by atoms with E-state index in [-0.39, 0.29) is 18.1 Å². The largest absolute Gasteiger partial charge is 0.361 e. The first kappa shape index (κ1) is 14.2. The van der Waals surface area contributed by atoms with Crippen molar-refractivity contribution < 1.29 is 4.74 Å². The normalized spacial score (nSPS) is 40.1. The Morgan fingerprint density at radius 2 is 2.19 bits per heavy atom. The molecule has 2 aliphatic rings. The van der Waals surface area contributed by atoms with Gasteiger partial charge in [-0.15, -0.1) is 12.4 Å². The van der Waals surface area contributed by atoms with E-state index in [4.69, 9.17) is 4.74 Å². The Hall–Kier alpha value is 0.170. The molecule has 2 heterocycles. The van der Waals surface area contributed by atoms with Gasteiger partial charge in [0.1, 0.15) is 5.72 Å². The van der Waals surface area contributed by atoms with Crippen molar-refractivity contribution in [1.82, 2.24) is 10.6 Å². The third-order valence-corrected chi connectivity index (χ3v) is 3.56. The smallest absolute Gasteiger partial charge is 0.117 e. The van der Waals surface area contributed by atoms with E-state index in [9.17, 15) is 0 Å². The van der Waals surface area contributed by atoms with Gasteiger partial charge in [0.05, 0.1) is 6.61 Å². The molecule has 0 aliphatic carbocycles. The summed E-state index contributed by atoms with van der Waals surface area (Å²) < 4.78 is 5.93. The Morgan fingerprint density at radius 1 is 1.38 bits per heavy atom. The van der Waals surface area contributed by atoms with Crippen molar-refractivity contribution in [3.8, 4) is 0 Å². The Morgan fingerprint density at radius 3 is 2.75 bits per heavy atom. The van der Waals surface area contributed by atoms with Crippen molar-refractivity contribution in [1.29, 1.82) is 0 Å². The molecular weight excluding hydrogens is 224 g/mol. The molecule has 16 heavy (non-hydrogen) atoms. The minimum atomic E-state index is -0.0957. The average molecular weight is 249 g/mol. The highest BCUT2D eigenvalue weighted by Crippen LogP contribution is 2.23. The van der Waals surface area contributed by atoms with Gasteiger partial charge in [0.25, 0.3) is 0 Å². The molecule has 4 heteroatoms. The SMILES string of the molecule is CC1CNC(C)(CC2CCCCN2)OC1.Cl. The van der Waals surface area contributed by atoms with Crippen LogP contribution in [0.15, 0.2) is 0 Å². The van der Waals surface area contributed by atoms with Crippen molar-refractivity contribution in [3.05, 3.63) is 0 Å². The number of ether oxygens (including phenoxy) is 1. The zero-order valence-corrected chi connectivity index (χ0v) is 11.2. The third kappa shape index (κ3) is 3.88. The molecule has 3 atom stereocenters. The van der Waals surface area contributed by atoms with Gasteiger partial charge in [-0.1, -0.05) is 13.3 Å². The summed E-state index contributed by atoms with van der Waals surface area (Å²) in [5.74, 6) is 0.650. The van der Waals surface area contributed by atoms with Crippen LogP contribution in [-0.4, -0.2) is 31.5 Å². The highest BCUT2D eigenvalue weighted by molar-refractivity contribution is 5.85. The molecule has 0 aromatic rings. The van der Waals surface area contributed by atoms with Crippen molar-refractivity contribution >= 4 is 12.4 Å².